The zero-order chi connectivity index (χ0) is 12.5. The number of fused-ring (bicyclic) bond motifs is 1. The molecule has 0 aromatic carbocycles. The zero-order valence-electron chi connectivity index (χ0n) is 10.1. The van der Waals surface area contributed by atoms with Crippen molar-refractivity contribution < 1.29 is 0 Å². The second-order valence-electron chi connectivity index (χ2n) is 4.03. The van der Waals surface area contributed by atoms with Crippen LogP contribution in [0.1, 0.15) is 11.4 Å². The molecule has 0 radical (unpaired) electrons. The van der Waals surface area contributed by atoms with Crippen LogP contribution >= 0.6 is 11.3 Å². The fourth-order valence-electron chi connectivity index (χ4n) is 1.73. The number of hydrogen-bond acceptors (Lipinski definition) is 6. The van der Waals surface area contributed by atoms with Crippen molar-refractivity contribution in [2.45, 2.75) is 13.5 Å². The van der Waals surface area contributed by atoms with Crippen molar-refractivity contribution in [1.29, 1.82) is 0 Å². The van der Waals surface area contributed by atoms with E-state index >= 15 is 0 Å². The summed E-state index contributed by atoms with van der Waals surface area (Å²) in [7, 11) is 1.92. The lowest BCUT2D eigenvalue weighted by Crippen LogP contribution is -2.07. The van der Waals surface area contributed by atoms with Crippen molar-refractivity contribution in [1.82, 2.24) is 24.7 Å². The molecule has 92 valence electrons. The maximum Gasteiger partial charge on any atom is 0.151 e. The van der Waals surface area contributed by atoms with E-state index < -0.39 is 0 Å². The normalized spacial score (nSPS) is 11.0. The van der Waals surface area contributed by atoms with Crippen LogP contribution in [0.15, 0.2) is 18.0 Å². The van der Waals surface area contributed by atoms with Crippen molar-refractivity contribution in [2.75, 3.05) is 5.32 Å². The first-order valence-corrected chi connectivity index (χ1v) is 6.39. The minimum atomic E-state index is 0.597. The van der Waals surface area contributed by atoms with Gasteiger partial charge < -0.3 is 9.88 Å². The van der Waals surface area contributed by atoms with Crippen molar-refractivity contribution >= 4 is 27.4 Å². The SMILES string of the molecule is Cc1csc2c(NCc3nncn3C)ncnc12. The van der Waals surface area contributed by atoms with Crippen LogP contribution < -0.4 is 5.32 Å². The Morgan fingerprint density at radius 2 is 2.28 bits per heavy atom. The van der Waals surface area contributed by atoms with Crippen LogP contribution in [0.4, 0.5) is 5.82 Å². The maximum atomic E-state index is 4.29. The Bertz CT molecular complexity index is 686. The third kappa shape index (κ3) is 1.82. The van der Waals surface area contributed by atoms with E-state index in [0.717, 1.165) is 21.9 Å². The van der Waals surface area contributed by atoms with Crippen LogP contribution in [0.25, 0.3) is 10.2 Å². The molecule has 0 amide bonds. The van der Waals surface area contributed by atoms with Gasteiger partial charge >= 0.3 is 0 Å². The highest BCUT2D eigenvalue weighted by Gasteiger charge is 2.08. The number of nitrogens with one attached hydrogen (secondary N) is 1. The van der Waals surface area contributed by atoms with Crippen molar-refractivity contribution in [3.63, 3.8) is 0 Å². The summed E-state index contributed by atoms with van der Waals surface area (Å²) in [6.07, 6.45) is 3.27. The van der Waals surface area contributed by atoms with Crippen molar-refractivity contribution in [3.8, 4) is 0 Å². The maximum absolute atomic E-state index is 4.29. The first-order valence-electron chi connectivity index (χ1n) is 5.51. The lowest BCUT2D eigenvalue weighted by molar-refractivity contribution is 0.810. The monoisotopic (exact) mass is 260 g/mol. The molecule has 0 saturated carbocycles. The Hall–Kier alpha value is -2.02. The minimum absolute atomic E-state index is 0.597. The average Bonchev–Trinajstić information content (AvgIpc) is 2.95. The van der Waals surface area contributed by atoms with E-state index in [-0.39, 0.29) is 0 Å². The molecule has 0 spiro atoms. The molecule has 0 fully saturated rings. The van der Waals surface area contributed by atoms with Gasteiger partial charge in [-0.2, -0.15) is 0 Å². The summed E-state index contributed by atoms with van der Waals surface area (Å²) in [6.45, 7) is 2.65. The highest BCUT2D eigenvalue weighted by atomic mass is 32.1. The van der Waals surface area contributed by atoms with E-state index in [1.165, 1.54) is 5.56 Å². The molecular weight excluding hydrogens is 248 g/mol. The fourth-order valence-corrected chi connectivity index (χ4v) is 2.69. The minimum Gasteiger partial charge on any atom is -0.361 e. The topological polar surface area (TPSA) is 68.5 Å². The highest BCUT2D eigenvalue weighted by molar-refractivity contribution is 7.18. The van der Waals surface area contributed by atoms with E-state index in [9.17, 15) is 0 Å². The van der Waals surface area contributed by atoms with Gasteiger partial charge in [0.1, 0.15) is 18.5 Å². The van der Waals surface area contributed by atoms with Crippen LogP contribution in [0.2, 0.25) is 0 Å². The Morgan fingerprint density at radius 1 is 1.39 bits per heavy atom. The standard InChI is InChI=1S/C11H12N6S/c1-7-4-18-10-9(7)13-5-14-11(10)12-3-8-16-15-6-17(8)2/h4-6H,3H2,1-2H3,(H,12,13,14). The summed E-state index contributed by atoms with van der Waals surface area (Å²) in [5.41, 5.74) is 2.19. The molecule has 0 aliphatic carbocycles. The molecular formula is C11H12N6S. The van der Waals surface area contributed by atoms with E-state index in [2.05, 4.69) is 37.8 Å². The van der Waals surface area contributed by atoms with E-state index in [1.807, 2.05) is 11.6 Å². The van der Waals surface area contributed by atoms with E-state index in [4.69, 9.17) is 0 Å². The number of thiophene rings is 1. The van der Waals surface area contributed by atoms with Gasteiger partial charge in [-0.15, -0.1) is 21.5 Å². The van der Waals surface area contributed by atoms with Gasteiger partial charge in [-0.3, -0.25) is 0 Å². The summed E-state index contributed by atoms with van der Waals surface area (Å²) >= 11 is 1.65. The smallest absolute Gasteiger partial charge is 0.151 e. The fraction of sp³-hybridized carbons (Fsp3) is 0.273. The van der Waals surface area contributed by atoms with Gasteiger partial charge in [0.05, 0.1) is 16.8 Å². The molecule has 0 unspecified atom stereocenters. The van der Waals surface area contributed by atoms with E-state index in [0.29, 0.717) is 6.54 Å². The molecule has 7 heteroatoms. The first-order chi connectivity index (χ1) is 8.75. The molecule has 1 N–H and O–H groups in total. The van der Waals surface area contributed by atoms with Crippen LogP contribution in [0.3, 0.4) is 0 Å². The van der Waals surface area contributed by atoms with Gasteiger partial charge in [0, 0.05) is 7.05 Å². The molecule has 6 nitrogen and oxygen atoms in total. The Kier molecular flexibility index (Phi) is 2.67. The van der Waals surface area contributed by atoms with Gasteiger partial charge in [-0.05, 0) is 17.9 Å². The molecule has 3 rings (SSSR count). The summed E-state index contributed by atoms with van der Waals surface area (Å²) in [6, 6.07) is 0. The molecule has 18 heavy (non-hydrogen) atoms. The third-order valence-corrected chi connectivity index (χ3v) is 3.84. The number of hydrogen-bond donors (Lipinski definition) is 1. The lowest BCUT2D eigenvalue weighted by Gasteiger charge is -2.05. The average molecular weight is 260 g/mol. The lowest BCUT2D eigenvalue weighted by atomic mass is 10.3. The molecule has 0 aliphatic heterocycles. The zero-order valence-corrected chi connectivity index (χ0v) is 10.9. The Balaban J connectivity index is 1.89. The van der Waals surface area contributed by atoms with Crippen LogP contribution in [-0.2, 0) is 13.6 Å². The Morgan fingerprint density at radius 3 is 3.06 bits per heavy atom. The predicted molar refractivity (Wildman–Crippen MR) is 70.5 cm³/mol. The quantitative estimate of drug-likeness (QED) is 0.777. The van der Waals surface area contributed by atoms with E-state index in [1.54, 1.807) is 24.0 Å². The second kappa shape index (κ2) is 4.34. The van der Waals surface area contributed by atoms with Gasteiger partial charge in [0.25, 0.3) is 0 Å². The molecule has 0 saturated heterocycles. The molecule has 3 heterocycles. The van der Waals surface area contributed by atoms with Crippen LogP contribution in [0.5, 0.6) is 0 Å². The number of rotatable bonds is 3. The molecule has 0 bridgehead atoms. The number of aromatic nitrogens is 5. The van der Waals surface area contributed by atoms with Gasteiger partial charge in [0.15, 0.2) is 5.82 Å². The van der Waals surface area contributed by atoms with Gasteiger partial charge in [0.2, 0.25) is 0 Å². The van der Waals surface area contributed by atoms with Gasteiger partial charge in [-0.25, -0.2) is 9.97 Å². The summed E-state index contributed by atoms with van der Waals surface area (Å²) in [5, 5.41) is 13.2. The summed E-state index contributed by atoms with van der Waals surface area (Å²) in [5.74, 6) is 1.72. The largest absolute Gasteiger partial charge is 0.361 e. The summed E-state index contributed by atoms with van der Waals surface area (Å²) in [4.78, 5) is 8.57. The van der Waals surface area contributed by atoms with Crippen molar-refractivity contribution in [2.24, 2.45) is 7.05 Å². The van der Waals surface area contributed by atoms with Crippen molar-refractivity contribution in [3.05, 3.63) is 29.4 Å². The number of anilines is 1. The molecule has 0 atom stereocenters. The Labute approximate surface area is 108 Å². The number of aryl methyl sites for hydroxylation is 2. The third-order valence-electron chi connectivity index (χ3n) is 2.75. The van der Waals surface area contributed by atoms with Gasteiger partial charge in [-0.1, -0.05) is 0 Å². The predicted octanol–water partition coefficient (Wildman–Crippen LogP) is 1.74. The molecule has 3 aromatic heterocycles. The summed E-state index contributed by atoms with van der Waals surface area (Å²) < 4.78 is 2.96. The molecule has 3 aromatic rings. The number of nitrogens with zero attached hydrogens (tertiary/aromatic N) is 5. The van der Waals surface area contributed by atoms with Crippen LogP contribution in [0, 0.1) is 6.92 Å². The molecule has 0 aliphatic rings. The second-order valence-corrected chi connectivity index (χ2v) is 4.91. The highest BCUT2D eigenvalue weighted by Crippen LogP contribution is 2.28. The first kappa shape index (κ1) is 11.1. The van der Waals surface area contributed by atoms with Crippen LogP contribution in [-0.4, -0.2) is 24.7 Å².